The summed E-state index contributed by atoms with van der Waals surface area (Å²) >= 11 is 0. The Morgan fingerprint density at radius 2 is 2.25 bits per heavy atom. The van der Waals surface area contributed by atoms with Crippen molar-refractivity contribution in [3.8, 4) is 12.1 Å². The van der Waals surface area contributed by atoms with Gasteiger partial charge in [-0.3, -0.25) is 0 Å². The molecule has 0 unspecified atom stereocenters. The molecule has 7 nitrogen and oxygen atoms in total. The highest BCUT2D eigenvalue weighted by molar-refractivity contribution is 5.90. The maximum Gasteiger partial charge on any atom is 0.341 e. The molecule has 0 aliphatic carbocycles. The van der Waals surface area contributed by atoms with Crippen LogP contribution in [0.25, 0.3) is 5.65 Å². The molecular formula is C13H11N5O2. The fourth-order valence-electron chi connectivity index (χ4n) is 1.86. The third kappa shape index (κ3) is 2.06. The van der Waals surface area contributed by atoms with E-state index in [1.54, 1.807) is 13.8 Å². The average Bonchev–Trinajstić information content (AvgIpc) is 2.78. The molecule has 0 aliphatic rings. The highest BCUT2D eigenvalue weighted by Crippen LogP contribution is 2.17. The van der Waals surface area contributed by atoms with Crippen molar-refractivity contribution >= 4 is 11.6 Å². The maximum atomic E-state index is 11.8. The molecule has 0 aliphatic heterocycles. The number of esters is 1. The van der Waals surface area contributed by atoms with Crippen LogP contribution < -0.4 is 0 Å². The van der Waals surface area contributed by atoms with Crippen molar-refractivity contribution in [1.29, 1.82) is 10.5 Å². The molecule has 2 heterocycles. The smallest absolute Gasteiger partial charge is 0.341 e. The van der Waals surface area contributed by atoms with Gasteiger partial charge in [0.05, 0.1) is 36.0 Å². The zero-order valence-electron chi connectivity index (χ0n) is 11.0. The van der Waals surface area contributed by atoms with E-state index in [0.717, 1.165) is 0 Å². The van der Waals surface area contributed by atoms with Crippen molar-refractivity contribution in [2.24, 2.45) is 0 Å². The lowest BCUT2D eigenvalue weighted by Crippen LogP contribution is -2.11. The van der Waals surface area contributed by atoms with Crippen LogP contribution in [0.2, 0.25) is 0 Å². The highest BCUT2D eigenvalue weighted by Gasteiger charge is 2.19. The van der Waals surface area contributed by atoms with Gasteiger partial charge in [0.15, 0.2) is 5.65 Å². The third-order valence-corrected chi connectivity index (χ3v) is 2.81. The summed E-state index contributed by atoms with van der Waals surface area (Å²) in [6, 6.07) is 3.94. The molecular weight excluding hydrogens is 258 g/mol. The van der Waals surface area contributed by atoms with Gasteiger partial charge in [-0.15, -0.1) is 0 Å². The molecule has 0 atom stereocenters. The normalized spacial score (nSPS) is 10.0. The molecule has 0 spiro atoms. The minimum Gasteiger partial charge on any atom is -0.462 e. The van der Waals surface area contributed by atoms with E-state index in [1.165, 1.54) is 10.7 Å². The second-order valence-corrected chi connectivity index (χ2v) is 3.98. The van der Waals surface area contributed by atoms with Crippen LogP contribution in [0.4, 0.5) is 0 Å². The van der Waals surface area contributed by atoms with Gasteiger partial charge < -0.3 is 4.74 Å². The first-order valence-corrected chi connectivity index (χ1v) is 5.95. The number of rotatable bonds is 3. The van der Waals surface area contributed by atoms with Crippen LogP contribution in [0, 0.1) is 29.6 Å². The zero-order chi connectivity index (χ0) is 14.7. The fraction of sp³-hybridized carbons (Fsp3) is 0.308. The lowest BCUT2D eigenvalue weighted by atomic mass is 10.2. The van der Waals surface area contributed by atoms with Crippen molar-refractivity contribution in [2.75, 3.05) is 6.61 Å². The summed E-state index contributed by atoms with van der Waals surface area (Å²) in [5.41, 5.74) is 1.75. The van der Waals surface area contributed by atoms with Gasteiger partial charge in [-0.1, -0.05) is 0 Å². The zero-order valence-corrected chi connectivity index (χ0v) is 11.0. The second-order valence-electron chi connectivity index (χ2n) is 3.98. The first kappa shape index (κ1) is 13.5. The van der Waals surface area contributed by atoms with Crippen molar-refractivity contribution < 1.29 is 9.53 Å². The maximum absolute atomic E-state index is 11.8. The Bertz CT molecular complexity index is 764. The minimum atomic E-state index is -0.491. The van der Waals surface area contributed by atoms with E-state index in [4.69, 9.17) is 15.3 Å². The molecule has 100 valence electrons. The molecule has 0 amide bonds. The largest absolute Gasteiger partial charge is 0.462 e. The van der Waals surface area contributed by atoms with E-state index in [1.807, 2.05) is 12.1 Å². The number of nitrogens with zero attached hydrogens (tertiary/aromatic N) is 5. The van der Waals surface area contributed by atoms with E-state index in [2.05, 4.69) is 10.1 Å². The molecule has 0 saturated carbocycles. The molecule has 2 rings (SSSR count). The van der Waals surface area contributed by atoms with Crippen LogP contribution in [-0.4, -0.2) is 27.2 Å². The average molecular weight is 269 g/mol. The Labute approximate surface area is 115 Å². The first-order chi connectivity index (χ1) is 9.63. The molecule has 0 aromatic carbocycles. The molecule has 0 saturated heterocycles. The number of hydrogen-bond acceptors (Lipinski definition) is 6. The van der Waals surface area contributed by atoms with Crippen LogP contribution in [0.5, 0.6) is 0 Å². The van der Waals surface area contributed by atoms with E-state index in [0.29, 0.717) is 17.0 Å². The summed E-state index contributed by atoms with van der Waals surface area (Å²) in [7, 11) is 0. The molecule has 2 aromatic heterocycles. The number of hydrogen-bond donors (Lipinski definition) is 0. The predicted octanol–water partition coefficient (Wildman–Crippen LogP) is 1.15. The van der Waals surface area contributed by atoms with Gasteiger partial charge in [0.25, 0.3) is 0 Å². The summed E-state index contributed by atoms with van der Waals surface area (Å²) in [5.74, 6) is -0.491. The molecule has 2 aromatic rings. The summed E-state index contributed by atoms with van der Waals surface area (Å²) in [6.07, 6.45) is 1.38. The quantitative estimate of drug-likeness (QED) is 0.774. The number of carbonyl (C=O) groups excluding carboxylic acids is 1. The number of carbonyl (C=O) groups is 1. The van der Waals surface area contributed by atoms with Crippen molar-refractivity contribution in [3.05, 3.63) is 28.7 Å². The van der Waals surface area contributed by atoms with Gasteiger partial charge in [-0.05, 0) is 13.8 Å². The summed E-state index contributed by atoms with van der Waals surface area (Å²) < 4.78 is 6.33. The van der Waals surface area contributed by atoms with Crippen molar-refractivity contribution in [3.63, 3.8) is 0 Å². The Balaban J connectivity index is 2.66. The molecule has 0 radical (unpaired) electrons. The van der Waals surface area contributed by atoms with Gasteiger partial charge in [-0.25, -0.2) is 14.3 Å². The van der Waals surface area contributed by atoms with Crippen LogP contribution in [0.3, 0.4) is 0 Å². The predicted molar refractivity (Wildman–Crippen MR) is 67.7 cm³/mol. The van der Waals surface area contributed by atoms with Crippen LogP contribution in [0.15, 0.2) is 6.20 Å². The molecule has 0 N–H and O–H groups in total. The standard InChI is InChI=1S/C13H11N5O2/c1-3-20-13(19)10-7-16-12-9(6-15)11(4-5-14)17-18(12)8(10)2/h7H,3-4H2,1-2H3. The Kier molecular flexibility index (Phi) is 3.62. The number of aryl methyl sites for hydroxylation is 1. The fourth-order valence-corrected chi connectivity index (χ4v) is 1.86. The molecule has 0 bridgehead atoms. The second kappa shape index (κ2) is 5.37. The lowest BCUT2D eigenvalue weighted by molar-refractivity contribution is 0.0524. The van der Waals surface area contributed by atoms with Crippen LogP contribution in [0.1, 0.15) is 34.2 Å². The Morgan fingerprint density at radius 3 is 2.85 bits per heavy atom. The van der Waals surface area contributed by atoms with Crippen molar-refractivity contribution in [1.82, 2.24) is 14.6 Å². The highest BCUT2D eigenvalue weighted by atomic mass is 16.5. The van der Waals surface area contributed by atoms with Crippen LogP contribution in [-0.2, 0) is 11.2 Å². The van der Waals surface area contributed by atoms with Gasteiger partial charge in [0, 0.05) is 6.20 Å². The number of aromatic nitrogens is 3. The number of fused-ring (bicyclic) bond motifs is 1. The van der Waals surface area contributed by atoms with Gasteiger partial charge in [0.1, 0.15) is 11.6 Å². The third-order valence-electron chi connectivity index (χ3n) is 2.81. The Morgan fingerprint density at radius 1 is 1.50 bits per heavy atom. The van der Waals surface area contributed by atoms with Crippen LogP contribution >= 0.6 is 0 Å². The molecule has 20 heavy (non-hydrogen) atoms. The molecule has 7 heteroatoms. The summed E-state index contributed by atoms with van der Waals surface area (Å²) in [6.45, 7) is 3.66. The minimum absolute atomic E-state index is 0.0143. The number of nitriles is 2. The van der Waals surface area contributed by atoms with Crippen molar-refractivity contribution in [2.45, 2.75) is 20.3 Å². The van der Waals surface area contributed by atoms with E-state index in [9.17, 15) is 4.79 Å². The van der Waals surface area contributed by atoms with E-state index in [-0.39, 0.29) is 24.2 Å². The summed E-state index contributed by atoms with van der Waals surface area (Å²) in [4.78, 5) is 15.9. The Hall–Kier alpha value is -2.93. The van der Waals surface area contributed by atoms with E-state index < -0.39 is 5.97 Å². The van der Waals surface area contributed by atoms with E-state index >= 15 is 0 Å². The SMILES string of the molecule is CCOC(=O)c1cnc2c(C#N)c(CC#N)nn2c1C. The number of ether oxygens (including phenoxy) is 1. The topological polar surface area (TPSA) is 104 Å². The first-order valence-electron chi connectivity index (χ1n) is 5.95. The summed E-state index contributed by atoms with van der Waals surface area (Å²) in [5, 5.41) is 22.1. The molecule has 0 fully saturated rings. The van der Waals surface area contributed by atoms with Gasteiger partial charge in [0.2, 0.25) is 0 Å². The van der Waals surface area contributed by atoms with Gasteiger partial charge in [-0.2, -0.15) is 15.6 Å². The van der Waals surface area contributed by atoms with Gasteiger partial charge >= 0.3 is 5.97 Å². The monoisotopic (exact) mass is 269 g/mol. The lowest BCUT2D eigenvalue weighted by Gasteiger charge is -2.06.